The standard InChI is InChI=1S/C15H22BrNO3/c1-10(2)6-7-15(3,20)9-17-14(19)11-4-5-12(16)13(18)8-11/h4-5,8,10,18,20H,6-7,9H2,1-3H3,(H,17,19). The third kappa shape index (κ3) is 5.51. The number of amides is 1. The lowest BCUT2D eigenvalue weighted by Gasteiger charge is -2.24. The number of aromatic hydroxyl groups is 1. The Kier molecular flexibility index (Phi) is 6.02. The van der Waals surface area contributed by atoms with Crippen LogP contribution in [0.2, 0.25) is 0 Å². The Morgan fingerprint density at radius 1 is 1.45 bits per heavy atom. The molecule has 20 heavy (non-hydrogen) atoms. The van der Waals surface area contributed by atoms with E-state index in [1.54, 1.807) is 19.1 Å². The summed E-state index contributed by atoms with van der Waals surface area (Å²) in [6.45, 7) is 6.10. The van der Waals surface area contributed by atoms with Crippen LogP contribution in [-0.4, -0.2) is 28.3 Å². The van der Waals surface area contributed by atoms with Crippen LogP contribution in [0.1, 0.15) is 44.0 Å². The normalized spacial score (nSPS) is 14.1. The number of phenolic OH excluding ortho intramolecular Hbond substituents is 1. The second kappa shape index (κ2) is 7.09. The fourth-order valence-electron chi connectivity index (χ4n) is 1.71. The van der Waals surface area contributed by atoms with Crippen molar-refractivity contribution in [2.45, 2.75) is 39.2 Å². The summed E-state index contributed by atoms with van der Waals surface area (Å²) >= 11 is 3.16. The van der Waals surface area contributed by atoms with Crippen molar-refractivity contribution in [3.8, 4) is 5.75 Å². The van der Waals surface area contributed by atoms with Gasteiger partial charge in [-0.2, -0.15) is 0 Å². The van der Waals surface area contributed by atoms with Crippen LogP contribution in [0.3, 0.4) is 0 Å². The van der Waals surface area contributed by atoms with Crippen LogP contribution >= 0.6 is 15.9 Å². The number of nitrogens with one attached hydrogen (secondary N) is 1. The number of rotatable bonds is 6. The van der Waals surface area contributed by atoms with E-state index in [2.05, 4.69) is 35.1 Å². The topological polar surface area (TPSA) is 69.6 Å². The molecule has 0 aliphatic carbocycles. The van der Waals surface area contributed by atoms with Crippen LogP contribution in [0.25, 0.3) is 0 Å². The first-order valence-electron chi connectivity index (χ1n) is 6.70. The summed E-state index contributed by atoms with van der Waals surface area (Å²) in [7, 11) is 0. The van der Waals surface area contributed by atoms with Gasteiger partial charge < -0.3 is 15.5 Å². The minimum Gasteiger partial charge on any atom is -0.507 e. The molecule has 0 fully saturated rings. The molecule has 4 nitrogen and oxygen atoms in total. The fraction of sp³-hybridized carbons (Fsp3) is 0.533. The number of carbonyl (C=O) groups excluding carboxylic acids is 1. The molecule has 0 aliphatic heterocycles. The van der Waals surface area contributed by atoms with E-state index >= 15 is 0 Å². The van der Waals surface area contributed by atoms with E-state index in [0.29, 0.717) is 22.4 Å². The number of hydrogen-bond donors (Lipinski definition) is 3. The highest BCUT2D eigenvalue weighted by Crippen LogP contribution is 2.24. The van der Waals surface area contributed by atoms with Gasteiger partial charge in [0.25, 0.3) is 5.91 Å². The Hall–Kier alpha value is -1.07. The summed E-state index contributed by atoms with van der Waals surface area (Å²) in [6.07, 6.45) is 1.54. The van der Waals surface area contributed by atoms with Gasteiger partial charge in [-0.3, -0.25) is 4.79 Å². The molecule has 0 aliphatic rings. The predicted molar refractivity (Wildman–Crippen MR) is 82.8 cm³/mol. The molecule has 3 N–H and O–H groups in total. The number of aliphatic hydroxyl groups is 1. The number of halogens is 1. The van der Waals surface area contributed by atoms with Gasteiger partial charge in [-0.05, 0) is 59.8 Å². The molecule has 0 aromatic heterocycles. The Morgan fingerprint density at radius 2 is 2.10 bits per heavy atom. The maximum absolute atomic E-state index is 11.9. The number of hydrogen-bond acceptors (Lipinski definition) is 3. The van der Waals surface area contributed by atoms with Crippen molar-refractivity contribution in [1.29, 1.82) is 0 Å². The van der Waals surface area contributed by atoms with E-state index in [4.69, 9.17) is 0 Å². The molecular weight excluding hydrogens is 322 g/mol. The van der Waals surface area contributed by atoms with Crippen LogP contribution in [0.15, 0.2) is 22.7 Å². The van der Waals surface area contributed by atoms with Crippen LogP contribution in [-0.2, 0) is 0 Å². The van der Waals surface area contributed by atoms with E-state index in [0.717, 1.165) is 6.42 Å². The predicted octanol–water partition coefficient (Wildman–Crippen LogP) is 3.07. The Labute approximate surface area is 128 Å². The summed E-state index contributed by atoms with van der Waals surface area (Å²) in [6, 6.07) is 4.62. The smallest absolute Gasteiger partial charge is 0.251 e. The van der Waals surface area contributed by atoms with E-state index in [-0.39, 0.29) is 18.2 Å². The average Bonchev–Trinajstić information content (AvgIpc) is 2.37. The fourth-order valence-corrected chi connectivity index (χ4v) is 1.96. The van der Waals surface area contributed by atoms with Crippen LogP contribution in [0.4, 0.5) is 0 Å². The lowest BCUT2D eigenvalue weighted by Crippen LogP contribution is -2.40. The van der Waals surface area contributed by atoms with Crippen molar-refractivity contribution < 1.29 is 15.0 Å². The van der Waals surface area contributed by atoms with Gasteiger partial charge in [-0.15, -0.1) is 0 Å². The van der Waals surface area contributed by atoms with E-state index in [9.17, 15) is 15.0 Å². The van der Waals surface area contributed by atoms with Crippen molar-refractivity contribution in [2.24, 2.45) is 5.92 Å². The lowest BCUT2D eigenvalue weighted by molar-refractivity contribution is 0.0429. The second-order valence-corrected chi connectivity index (χ2v) is 6.63. The molecule has 1 unspecified atom stereocenters. The molecule has 112 valence electrons. The summed E-state index contributed by atoms with van der Waals surface area (Å²) in [5.74, 6) is 0.224. The van der Waals surface area contributed by atoms with Crippen molar-refractivity contribution in [3.05, 3.63) is 28.2 Å². The first kappa shape index (κ1) is 17.0. The maximum atomic E-state index is 11.9. The summed E-state index contributed by atoms with van der Waals surface area (Å²) < 4.78 is 0.540. The highest BCUT2D eigenvalue weighted by Gasteiger charge is 2.21. The molecule has 1 aromatic carbocycles. The minimum absolute atomic E-state index is 0.0178. The number of carbonyl (C=O) groups is 1. The van der Waals surface area contributed by atoms with Crippen molar-refractivity contribution in [3.63, 3.8) is 0 Å². The molecule has 1 aromatic rings. The minimum atomic E-state index is -0.919. The van der Waals surface area contributed by atoms with Gasteiger partial charge in [-0.1, -0.05) is 13.8 Å². The van der Waals surface area contributed by atoms with Gasteiger partial charge in [0, 0.05) is 12.1 Å². The first-order chi connectivity index (χ1) is 9.21. The van der Waals surface area contributed by atoms with Crippen molar-refractivity contribution >= 4 is 21.8 Å². The van der Waals surface area contributed by atoms with Gasteiger partial charge in [0.15, 0.2) is 0 Å². The quantitative estimate of drug-likeness (QED) is 0.743. The third-order valence-corrected chi connectivity index (χ3v) is 3.77. The molecule has 0 bridgehead atoms. The largest absolute Gasteiger partial charge is 0.507 e. The molecule has 0 heterocycles. The van der Waals surface area contributed by atoms with E-state index < -0.39 is 5.60 Å². The molecule has 0 saturated heterocycles. The molecule has 5 heteroatoms. The Morgan fingerprint density at radius 3 is 2.65 bits per heavy atom. The number of benzene rings is 1. The first-order valence-corrected chi connectivity index (χ1v) is 7.49. The zero-order valence-corrected chi connectivity index (χ0v) is 13.7. The van der Waals surface area contributed by atoms with Crippen molar-refractivity contribution in [1.82, 2.24) is 5.32 Å². The monoisotopic (exact) mass is 343 g/mol. The van der Waals surface area contributed by atoms with Crippen molar-refractivity contribution in [2.75, 3.05) is 6.54 Å². The summed E-state index contributed by atoms with van der Waals surface area (Å²) in [5.41, 5.74) is -0.553. The van der Waals surface area contributed by atoms with Gasteiger partial charge in [0.1, 0.15) is 5.75 Å². The summed E-state index contributed by atoms with van der Waals surface area (Å²) in [5, 5.41) is 22.4. The molecule has 1 amide bonds. The van der Waals surface area contributed by atoms with Crippen LogP contribution in [0.5, 0.6) is 5.75 Å². The summed E-state index contributed by atoms with van der Waals surface area (Å²) in [4.78, 5) is 11.9. The highest BCUT2D eigenvalue weighted by molar-refractivity contribution is 9.10. The van der Waals surface area contributed by atoms with Crippen LogP contribution in [0, 0.1) is 5.92 Å². The zero-order valence-electron chi connectivity index (χ0n) is 12.1. The second-order valence-electron chi connectivity index (χ2n) is 5.78. The molecule has 0 radical (unpaired) electrons. The van der Waals surface area contributed by atoms with Gasteiger partial charge in [0.05, 0.1) is 10.1 Å². The average molecular weight is 344 g/mol. The SMILES string of the molecule is CC(C)CCC(C)(O)CNC(=O)c1ccc(Br)c(O)c1. The van der Waals surface area contributed by atoms with Gasteiger partial charge in [-0.25, -0.2) is 0 Å². The zero-order chi connectivity index (χ0) is 15.3. The molecule has 0 spiro atoms. The van der Waals surface area contributed by atoms with Gasteiger partial charge in [0.2, 0.25) is 0 Å². The Bertz CT molecular complexity index is 472. The van der Waals surface area contributed by atoms with E-state index in [1.165, 1.54) is 6.07 Å². The van der Waals surface area contributed by atoms with E-state index in [1.807, 2.05) is 0 Å². The maximum Gasteiger partial charge on any atom is 0.251 e. The van der Waals surface area contributed by atoms with Gasteiger partial charge >= 0.3 is 0 Å². The molecule has 1 atom stereocenters. The molecule has 1 rings (SSSR count). The highest BCUT2D eigenvalue weighted by atomic mass is 79.9. The molecular formula is C15H22BrNO3. The lowest BCUT2D eigenvalue weighted by atomic mass is 9.95. The van der Waals surface area contributed by atoms with Crippen LogP contribution < -0.4 is 5.32 Å². The Balaban J connectivity index is 2.56. The number of phenols is 1. The third-order valence-electron chi connectivity index (χ3n) is 3.10. The molecule has 0 saturated carbocycles.